The lowest BCUT2D eigenvalue weighted by molar-refractivity contribution is -0.141. The number of fused-ring (bicyclic) bond motifs is 1. The lowest BCUT2D eigenvalue weighted by Crippen LogP contribution is -2.08. The number of phosphoric acid groups is 1. The monoisotopic (exact) mass is 600 g/mol. The SMILES string of the molecule is COP(=O)(OC)OCCSSCCOC(=O)CC1=C(C)/C(=C/c2ccc(S(C)=O)cc2)c2ccc(F)cc21. The number of ether oxygens (including phenoxy) is 1. The largest absolute Gasteiger partial charge is 0.474 e. The normalized spacial score (nSPS) is 15.1. The molecule has 1 unspecified atom stereocenters. The number of hydrogen-bond acceptors (Lipinski definition) is 9. The second-order valence-corrected chi connectivity index (χ2v) is 14.0. The minimum Gasteiger partial charge on any atom is -0.465 e. The van der Waals surface area contributed by atoms with E-state index in [0.29, 0.717) is 17.1 Å². The Morgan fingerprint density at radius 2 is 1.68 bits per heavy atom. The average molecular weight is 601 g/mol. The molecule has 1 aliphatic rings. The van der Waals surface area contributed by atoms with Gasteiger partial charge >= 0.3 is 13.8 Å². The van der Waals surface area contributed by atoms with Gasteiger partial charge in [-0.05, 0) is 70.7 Å². The van der Waals surface area contributed by atoms with Crippen LogP contribution in [0.5, 0.6) is 0 Å². The summed E-state index contributed by atoms with van der Waals surface area (Å²) in [4.78, 5) is 13.4. The maximum atomic E-state index is 14.1. The Bertz CT molecular complexity index is 1270. The van der Waals surface area contributed by atoms with Crippen LogP contribution in [0.25, 0.3) is 17.2 Å². The second-order valence-electron chi connectivity index (χ2n) is 8.06. The summed E-state index contributed by atoms with van der Waals surface area (Å²) in [6.07, 6.45) is 3.65. The van der Waals surface area contributed by atoms with Crippen molar-refractivity contribution in [3.8, 4) is 0 Å². The van der Waals surface area contributed by atoms with Gasteiger partial charge in [0, 0.05) is 47.7 Å². The van der Waals surface area contributed by atoms with Crippen molar-refractivity contribution in [3.63, 3.8) is 0 Å². The number of carbonyl (C=O) groups excluding carboxylic acids is 1. The van der Waals surface area contributed by atoms with Crippen LogP contribution in [0.3, 0.4) is 0 Å². The lowest BCUT2D eigenvalue weighted by atomic mass is 10.0. The van der Waals surface area contributed by atoms with Gasteiger partial charge in [0.1, 0.15) is 12.4 Å². The van der Waals surface area contributed by atoms with Crippen molar-refractivity contribution in [2.24, 2.45) is 0 Å². The van der Waals surface area contributed by atoms with Gasteiger partial charge < -0.3 is 4.74 Å². The Morgan fingerprint density at radius 3 is 2.32 bits per heavy atom. The molecule has 0 aliphatic heterocycles. The third kappa shape index (κ3) is 8.39. The molecule has 0 spiro atoms. The first-order valence-electron chi connectivity index (χ1n) is 11.6. The molecular formula is C26H30FO7PS3. The summed E-state index contributed by atoms with van der Waals surface area (Å²) in [6.45, 7) is 2.34. The molecule has 2 aromatic carbocycles. The van der Waals surface area contributed by atoms with Crippen molar-refractivity contribution < 1.29 is 36.3 Å². The zero-order chi connectivity index (χ0) is 27.7. The molecule has 7 nitrogen and oxygen atoms in total. The summed E-state index contributed by atoms with van der Waals surface area (Å²) < 4.78 is 57.5. The molecule has 0 amide bonds. The van der Waals surface area contributed by atoms with Crippen molar-refractivity contribution in [2.45, 2.75) is 18.2 Å². The van der Waals surface area contributed by atoms with Crippen LogP contribution in [0.1, 0.15) is 30.0 Å². The van der Waals surface area contributed by atoms with Gasteiger partial charge in [-0.25, -0.2) is 8.96 Å². The topological polar surface area (TPSA) is 88.1 Å². The highest BCUT2D eigenvalue weighted by Gasteiger charge is 2.26. The van der Waals surface area contributed by atoms with Crippen LogP contribution in [-0.2, 0) is 38.5 Å². The summed E-state index contributed by atoms with van der Waals surface area (Å²) in [5.41, 5.74) is 5.00. The van der Waals surface area contributed by atoms with Crippen molar-refractivity contribution in [1.82, 2.24) is 0 Å². The molecule has 3 rings (SSSR count). The highest BCUT2D eigenvalue weighted by Crippen LogP contribution is 2.47. The number of hydrogen-bond donors (Lipinski definition) is 0. The smallest absolute Gasteiger partial charge is 0.465 e. The predicted octanol–water partition coefficient (Wildman–Crippen LogP) is 6.62. The van der Waals surface area contributed by atoms with Crippen molar-refractivity contribution in [1.29, 1.82) is 0 Å². The standard InChI is InChI=1S/C26H30FO7PS3/c1-18-23(15-19-5-8-21(9-6-19)38(4)30)22-10-7-20(27)16-25(22)24(18)17-26(28)33-11-13-36-37-14-12-34-35(29,31-2)32-3/h5-10,15-16H,11-14,17H2,1-4H3/b23-15-. The van der Waals surface area contributed by atoms with Crippen LogP contribution in [-0.4, -0.2) is 55.4 Å². The fourth-order valence-corrected chi connectivity index (χ4v) is 6.74. The molecule has 0 N–H and O–H groups in total. The average Bonchev–Trinajstić information content (AvgIpc) is 3.15. The van der Waals surface area contributed by atoms with E-state index < -0.39 is 18.6 Å². The Balaban J connectivity index is 1.57. The maximum absolute atomic E-state index is 14.1. The first kappa shape index (κ1) is 30.8. The van der Waals surface area contributed by atoms with E-state index in [2.05, 4.69) is 0 Å². The Hall–Kier alpha value is -1.72. The lowest BCUT2D eigenvalue weighted by Gasteiger charge is -2.12. The summed E-state index contributed by atoms with van der Waals surface area (Å²) in [6, 6.07) is 12.0. The molecule has 38 heavy (non-hydrogen) atoms. The van der Waals surface area contributed by atoms with E-state index in [1.54, 1.807) is 12.3 Å². The molecule has 1 aliphatic carbocycles. The third-order valence-corrected chi connectivity index (χ3v) is 10.3. The van der Waals surface area contributed by atoms with Crippen LogP contribution < -0.4 is 0 Å². The van der Waals surface area contributed by atoms with E-state index in [9.17, 15) is 18.0 Å². The van der Waals surface area contributed by atoms with E-state index in [1.165, 1.54) is 47.9 Å². The minimum absolute atomic E-state index is 0.0301. The molecule has 0 bridgehead atoms. The Morgan fingerprint density at radius 1 is 1.03 bits per heavy atom. The second kappa shape index (κ2) is 14.6. The van der Waals surface area contributed by atoms with Gasteiger partial charge in [0.15, 0.2) is 0 Å². The Labute approximate surface area is 233 Å². The molecule has 12 heteroatoms. The van der Waals surface area contributed by atoms with E-state index >= 15 is 0 Å². The maximum Gasteiger partial charge on any atom is 0.474 e. The minimum atomic E-state index is -3.47. The highest BCUT2D eigenvalue weighted by atomic mass is 33.1. The number of phosphoric ester groups is 1. The van der Waals surface area contributed by atoms with Crippen LogP contribution in [0.2, 0.25) is 0 Å². The van der Waals surface area contributed by atoms with Gasteiger partial charge in [-0.1, -0.05) is 39.8 Å². The first-order chi connectivity index (χ1) is 18.2. The molecule has 206 valence electrons. The highest BCUT2D eigenvalue weighted by molar-refractivity contribution is 8.76. The van der Waals surface area contributed by atoms with Gasteiger partial charge in [0.2, 0.25) is 0 Å². The van der Waals surface area contributed by atoms with Gasteiger partial charge in [-0.3, -0.25) is 22.6 Å². The van der Waals surface area contributed by atoms with Gasteiger partial charge in [-0.2, -0.15) is 0 Å². The predicted molar refractivity (Wildman–Crippen MR) is 154 cm³/mol. The van der Waals surface area contributed by atoms with Gasteiger partial charge in [0.25, 0.3) is 0 Å². The third-order valence-electron chi connectivity index (χ3n) is 5.67. The van der Waals surface area contributed by atoms with Crippen molar-refractivity contribution in [2.75, 3.05) is 45.2 Å². The molecule has 0 heterocycles. The molecule has 0 saturated carbocycles. The van der Waals surface area contributed by atoms with E-state index in [-0.39, 0.29) is 31.4 Å². The number of rotatable bonds is 14. The molecule has 0 aromatic heterocycles. The molecule has 0 fully saturated rings. The van der Waals surface area contributed by atoms with Crippen molar-refractivity contribution >= 4 is 63.4 Å². The summed E-state index contributed by atoms with van der Waals surface area (Å²) in [7, 11) is 0.970. The van der Waals surface area contributed by atoms with E-state index in [1.807, 2.05) is 37.3 Å². The number of halogens is 1. The van der Waals surface area contributed by atoms with E-state index in [4.69, 9.17) is 18.3 Å². The van der Waals surface area contributed by atoms with Crippen LogP contribution in [0.15, 0.2) is 52.9 Å². The number of carbonyl (C=O) groups is 1. The summed E-state index contributed by atoms with van der Waals surface area (Å²) in [5.74, 6) is 0.358. The molecular weight excluding hydrogens is 570 g/mol. The first-order valence-corrected chi connectivity index (χ1v) is 17.1. The summed E-state index contributed by atoms with van der Waals surface area (Å²) >= 11 is 0. The molecule has 0 radical (unpaired) electrons. The molecule has 1 atom stereocenters. The fraction of sp³-hybridized carbons (Fsp3) is 0.346. The van der Waals surface area contributed by atoms with Crippen LogP contribution >= 0.6 is 29.4 Å². The quantitative estimate of drug-likeness (QED) is 0.103. The van der Waals surface area contributed by atoms with Gasteiger partial charge in [-0.15, -0.1) is 0 Å². The van der Waals surface area contributed by atoms with Crippen LogP contribution in [0.4, 0.5) is 4.39 Å². The van der Waals surface area contributed by atoms with Gasteiger partial charge in [0.05, 0.1) is 13.0 Å². The fourth-order valence-electron chi connectivity index (χ4n) is 3.77. The van der Waals surface area contributed by atoms with Crippen molar-refractivity contribution in [3.05, 3.63) is 70.5 Å². The number of esters is 1. The summed E-state index contributed by atoms with van der Waals surface area (Å²) in [5, 5.41) is 0. The zero-order valence-corrected chi connectivity index (χ0v) is 24.9. The zero-order valence-electron chi connectivity index (χ0n) is 21.6. The van der Waals surface area contributed by atoms with E-state index in [0.717, 1.165) is 32.7 Å². The Kier molecular flexibility index (Phi) is 11.8. The van der Waals surface area contributed by atoms with Crippen LogP contribution in [0, 0.1) is 5.82 Å². The number of benzene rings is 2. The number of allylic oxidation sites excluding steroid dienone is 2. The molecule has 2 aromatic rings. The molecule has 0 saturated heterocycles.